The van der Waals surface area contributed by atoms with Crippen LogP contribution in [0.2, 0.25) is 0 Å². The van der Waals surface area contributed by atoms with Crippen LogP contribution in [-0.4, -0.2) is 67.6 Å². The van der Waals surface area contributed by atoms with Crippen LogP contribution in [-0.2, 0) is 0 Å². The first kappa shape index (κ1) is 28.1. The number of amides is 2. The summed E-state index contributed by atoms with van der Waals surface area (Å²) in [5.41, 5.74) is 1.92. The second-order valence-electron chi connectivity index (χ2n) is 10.5. The van der Waals surface area contributed by atoms with E-state index >= 15 is 0 Å². The molecule has 0 aliphatic carbocycles. The van der Waals surface area contributed by atoms with Gasteiger partial charge in [-0.25, -0.2) is 4.39 Å². The van der Waals surface area contributed by atoms with Crippen molar-refractivity contribution < 1.29 is 23.5 Å². The first-order valence-electron chi connectivity index (χ1n) is 14.2. The minimum Gasteiger partial charge on any atom is -0.486 e. The molecular weight excluding hydrogens is 555 g/mol. The first-order chi connectivity index (χ1) is 20.4. The molecule has 1 atom stereocenters. The van der Waals surface area contributed by atoms with E-state index in [1.807, 2.05) is 12.1 Å². The predicted molar refractivity (Wildman–Crippen MR) is 164 cm³/mol. The fourth-order valence-corrected chi connectivity index (χ4v) is 6.37. The van der Waals surface area contributed by atoms with Gasteiger partial charge in [-0.15, -0.1) is 11.3 Å². The van der Waals surface area contributed by atoms with Crippen molar-refractivity contribution in [1.29, 1.82) is 0 Å². The summed E-state index contributed by atoms with van der Waals surface area (Å²) in [5, 5.41) is 6.41. The quantitative estimate of drug-likeness (QED) is 0.275. The molecule has 0 radical (unpaired) electrons. The number of anilines is 2. The molecule has 42 heavy (non-hydrogen) atoms. The van der Waals surface area contributed by atoms with Crippen LogP contribution in [0.1, 0.15) is 45.5 Å². The number of fused-ring (bicyclic) bond motifs is 2. The fourth-order valence-electron chi connectivity index (χ4n) is 5.37. The number of nitrogens with one attached hydrogen (secondary N) is 2. The lowest BCUT2D eigenvalue weighted by molar-refractivity contribution is 0.102. The van der Waals surface area contributed by atoms with Crippen molar-refractivity contribution in [2.45, 2.75) is 19.9 Å². The zero-order valence-electron chi connectivity index (χ0n) is 23.6. The van der Waals surface area contributed by atoms with Gasteiger partial charge in [0.25, 0.3) is 11.8 Å². The van der Waals surface area contributed by atoms with Gasteiger partial charge < -0.3 is 25.0 Å². The lowest BCUT2D eigenvalue weighted by Gasteiger charge is -2.37. The predicted octanol–water partition coefficient (Wildman–Crippen LogP) is 6.01. The van der Waals surface area contributed by atoms with Crippen LogP contribution in [0.15, 0.2) is 60.7 Å². The molecule has 6 rings (SSSR count). The lowest BCUT2D eigenvalue weighted by atomic mass is 10.0. The average molecular weight is 589 g/mol. The zero-order valence-corrected chi connectivity index (χ0v) is 24.4. The molecule has 1 aromatic heterocycles. The van der Waals surface area contributed by atoms with Crippen molar-refractivity contribution in [3.05, 3.63) is 82.5 Å². The number of hydrogen-bond acceptors (Lipinski definition) is 7. The van der Waals surface area contributed by atoms with E-state index < -0.39 is 17.6 Å². The highest BCUT2D eigenvalue weighted by Crippen LogP contribution is 2.33. The van der Waals surface area contributed by atoms with Crippen LogP contribution in [0.3, 0.4) is 0 Å². The summed E-state index contributed by atoms with van der Waals surface area (Å²) in [7, 11) is 0. The van der Waals surface area contributed by atoms with Crippen molar-refractivity contribution in [3.8, 4) is 11.5 Å². The van der Waals surface area contributed by atoms with Crippen molar-refractivity contribution in [2.24, 2.45) is 0 Å². The van der Waals surface area contributed by atoms with Gasteiger partial charge in [0.1, 0.15) is 19.0 Å². The molecule has 3 aromatic carbocycles. The minimum absolute atomic E-state index is 0.0158. The lowest BCUT2D eigenvalue weighted by Crippen LogP contribution is -2.46. The Kier molecular flexibility index (Phi) is 8.10. The second-order valence-corrected chi connectivity index (χ2v) is 11.6. The Balaban J connectivity index is 1.13. The Bertz CT molecular complexity index is 1630. The summed E-state index contributed by atoms with van der Waals surface area (Å²) in [6, 6.07) is 17.4. The molecule has 218 valence electrons. The van der Waals surface area contributed by atoms with E-state index in [9.17, 15) is 14.0 Å². The van der Waals surface area contributed by atoms with E-state index in [0.29, 0.717) is 40.8 Å². The maximum absolute atomic E-state index is 14.7. The van der Waals surface area contributed by atoms with Crippen LogP contribution in [0.25, 0.3) is 10.1 Å². The highest BCUT2D eigenvalue weighted by molar-refractivity contribution is 7.20. The molecule has 1 fully saturated rings. The Morgan fingerprint density at radius 2 is 1.69 bits per heavy atom. The van der Waals surface area contributed by atoms with Crippen LogP contribution >= 0.6 is 11.3 Å². The highest BCUT2D eigenvalue weighted by Gasteiger charge is 2.22. The molecule has 4 aromatic rings. The molecule has 1 saturated heterocycles. The molecule has 3 heterocycles. The van der Waals surface area contributed by atoms with E-state index in [0.717, 1.165) is 42.8 Å². The molecule has 0 spiro atoms. The van der Waals surface area contributed by atoms with E-state index in [4.69, 9.17) is 9.47 Å². The number of benzene rings is 3. The molecule has 2 aliphatic rings. The molecule has 8 nitrogen and oxygen atoms in total. The van der Waals surface area contributed by atoms with Gasteiger partial charge in [0.15, 0.2) is 11.5 Å². The summed E-state index contributed by atoms with van der Waals surface area (Å²) in [6.07, 6.45) is 0. The number of carbonyl (C=O) groups excluding carboxylic acids is 2. The number of rotatable bonds is 7. The topological polar surface area (TPSA) is 83.1 Å². The molecule has 1 unspecified atom stereocenters. The molecule has 10 heteroatoms. The number of carbonyl (C=O) groups is 2. The van der Waals surface area contributed by atoms with Crippen LogP contribution in [0, 0.1) is 5.82 Å². The summed E-state index contributed by atoms with van der Waals surface area (Å²) in [5.74, 6) is -0.308. The van der Waals surface area contributed by atoms with Crippen molar-refractivity contribution in [3.63, 3.8) is 0 Å². The molecular formula is C32H33FN4O4S. The van der Waals surface area contributed by atoms with Gasteiger partial charge in [0.05, 0.1) is 10.6 Å². The van der Waals surface area contributed by atoms with E-state index in [2.05, 4.69) is 46.4 Å². The van der Waals surface area contributed by atoms with Gasteiger partial charge in [0.2, 0.25) is 0 Å². The number of piperazine rings is 1. The molecule has 0 saturated carbocycles. The number of hydrogen-bond donors (Lipinski definition) is 2. The Morgan fingerprint density at radius 1 is 0.905 bits per heavy atom. The molecule has 0 bridgehead atoms. The number of likely N-dealkylation sites (N-methyl/N-ethyl adjacent to an activating group) is 1. The normalized spacial score (nSPS) is 16.3. The minimum atomic E-state index is -0.596. The fraction of sp³-hybridized carbons (Fsp3) is 0.312. The maximum Gasteiger partial charge on any atom is 0.265 e. The van der Waals surface area contributed by atoms with Gasteiger partial charge in [-0.1, -0.05) is 19.1 Å². The Labute approximate surface area is 248 Å². The number of ether oxygens (including phenoxy) is 2. The molecule has 2 amide bonds. The van der Waals surface area contributed by atoms with Crippen molar-refractivity contribution in [2.75, 3.05) is 56.6 Å². The van der Waals surface area contributed by atoms with Gasteiger partial charge in [-0.2, -0.15) is 0 Å². The standard InChI is InChI=1S/C32H33FN4O4S/c1-3-36-10-12-37(13-11-36)20(2)21-4-5-22-18-30(42-29(22)17-21)32(39)35-26-19-24(7-8-25(26)33)34-31(38)23-6-9-27-28(16-23)41-15-14-40-27/h4-9,16-20H,3,10-15H2,1-2H3,(H,34,38)(H,35,39). The van der Waals surface area contributed by atoms with Gasteiger partial charge in [-0.05, 0) is 72.9 Å². The largest absolute Gasteiger partial charge is 0.486 e. The maximum atomic E-state index is 14.7. The summed E-state index contributed by atoms with van der Waals surface area (Å²) >= 11 is 1.38. The van der Waals surface area contributed by atoms with Gasteiger partial charge >= 0.3 is 0 Å². The number of halogens is 1. The van der Waals surface area contributed by atoms with E-state index in [1.165, 1.54) is 35.1 Å². The number of nitrogens with zero attached hydrogens (tertiary/aromatic N) is 2. The third kappa shape index (κ3) is 5.97. The smallest absolute Gasteiger partial charge is 0.265 e. The second kappa shape index (κ2) is 12.1. The highest BCUT2D eigenvalue weighted by atomic mass is 32.1. The van der Waals surface area contributed by atoms with Crippen LogP contribution < -0.4 is 20.1 Å². The average Bonchev–Trinajstić information content (AvgIpc) is 3.46. The SMILES string of the molecule is CCN1CCN(C(C)c2ccc3cc(C(=O)Nc4cc(NC(=O)c5ccc6c(c5)OCCO6)ccc4F)sc3c2)CC1. The third-order valence-electron chi connectivity index (χ3n) is 7.93. The molecule has 2 aliphatic heterocycles. The van der Waals surface area contributed by atoms with Gasteiger partial charge in [0, 0.05) is 48.2 Å². The van der Waals surface area contributed by atoms with Crippen molar-refractivity contribution >= 4 is 44.6 Å². The Morgan fingerprint density at radius 3 is 2.48 bits per heavy atom. The summed E-state index contributed by atoms with van der Waals surface area (Å²) in [6.45, 7) is 10.6. The first-order valence-corrected chi connectivity index (χ1v) is 15.0. The zero-order chi connectivity index (χ0) is 29.2. The number of thiophene rings is 1. The third-order valence-corrected chi connectivity index (χ3v) is 9.03. The van der Waals surface area contributed by atoms with Crippen LogP contribution in [0.5, 0.6) is 11.5 Å². The van der Waals surface area contributed by atoms with E-state index in [1.54, 1.807) is 18.2 Å². The summed E-state index contributed by atoms with van der Waals surface area (Å²) in [4.78, 5) is 31.5. The van der Waals surface area contributed by atoms with Crippen molar-refractivity contribution in [1.82, 2.24) is 9.80 Å². The van der Waals surface area contributed by atoms with E-state index in [-0.39, 0.29) is 11.7 Å². The summed E-state index contributed by atoms with van der Waals surface area (Å²) < 4.78 is 26.8. The monoisotopic (exact) mass is 588 g/mol. The molecule has 2 N–H and O–H groups in total. The Hall–Kier alpha value is -3.99. The van der Waals surface area contributed by atoms with Gasteiger partial charge in [-0.3, -0.25) is 14.5 Å². The van der Waals surface area contributed by atoms with Crippen LogP contribution in [0.4, 0.5) is 15.8 Å².